The van der Waals surface area contributed by atoms with Gasteiger partial charge in [-0.1, -0.05) is 0 Å². The largest absolute Gasteiger partial charge is 0.387 e. The quantitative estimate of drug-likeness (QED) is 0.675. The summed E-state index contributed by atoms with van der Waals surface area (Å²) in [5, 5.41) is 13.3. The second-order valence-electron chi connectivity index (χ2n) is 4.88. The zero-order valence-electron chi connectivity index (χ0n) is 8.89. The molecule has 3 heteroatoms. The van der Waals surface area contributed by atoms with E-state index in [-0.39, 0.29) is 5.60 Å². The van der Waals surface area contributed by atoms with E-state index in [4.69, 9.17) is 4.74 Å². The molecule has 0 spiro atoms. The van der Waals surface area contributed by atoms with Crippen LogP contribution in [0.15, 0.2) is 0 Å². The van der Waals surface area contributed by atoms with Crippen LogP contribution in [-0.4, -0.2) is 36.0 Å². The van der Waals surface area contributed by atoms with Crippen molar-refractivity contribution in [3.8, 4) is 0 Å². The predicted molar refractivity (Wildman–Crippen MR) is 52.8 cm³/mol. The van der Waals surface area contributed by atoms with Crippen LogP contribution < -0.4 is 5.32 Å². The monoisotopic (exact) mass is 187 g/mol. The number of aliphatic hydroxyl groups is 1. The summed E-state index contributed by atoms with van der Waals surface area (Å²) in [5.74, 6) is 0. The summed E-state index contributed by atoms with van der Waals surface area (Å²) in [4.78, 5) is 0. The molecule has 1 fully saturated rings. The van der Waals surface area contributed by atoms with Crippen LogP contribution in [0, 0.1) is 0 Å². The summed E-state index contributed by atoms with van der Waals surface area (Å²) in [6, 6.07) is 0. The van der Waals surface area contributed by atoms with Crippen molar-refractivity contribution < 1.29 is 9.84 Å². The molecule has 0 unspecified atom stereocenters. The van der Waals surface area contributed by atoms with Crippen molar-refractivity contribution in [2.75, 3.05) is 19.7 Å². The molecule has 78 valence electrons. The lowest BCUT2D eigenvalue weighted by atomic mass is 9.93. The molecule has 1 saturated heterocycles. The zero-order valence-corrected chi connectivity index (χ0v) is 8.89. The molecule has 0 amide bonds. The minimum atomic E-state index is -0.599. The lowest BCUT2D eigenvalue weighted by Gasteiger charge is -2.34. The van der Waals surface area contributed by atoms with Gasteiger partial charge in [0.1, 0.15) is 0 Å². The molecule has 0 bridgehead atoms. The van der Waals surface area contributed by atoms with Gasteiger partial charge in [-0.3, -0.25) is 0 Å². The minimum absolute atomic E-state index is 0.152. The van der Waals surface area contributed by atoms with Crippen LogP contribution in [0.1, 0.15) is 33.6 Å². The van der Waals surface area contributed by atoms with E-state index < -0.39 is 5.60 Å². The lowest BCUT2D eigenvalue weighted by Crippen LogP contribution is -2.46. The average Bonchev–Trinajstić information content (AvgIpc) is 2.02. The molecule has 0 aromatic carbocycles. The van der Waals surface area contributed by atoms with Crippen LogP contribution in [0.3, 0.4) is 0 Å². The van der Waals surface area contributed by atoms with Crippen LogP contribution in [0.25, 0.3) is 0 Å². The molecule has 0 radical (unpaired) electrons. The smallest absolute Gasteiger partial charge is 0.0904 e. The third-order valence-electron chi connectivity index (χ3n) is 2.31. The Hall–Kier alpha value is -0.120. The third kappa shape index (κ3) is 4.07. The molecule has 0 aliphatic carbocycles. The highest BCUT2D eigenvalue weighted by Gasteiger charge is 2.30. The lowest BCUT2D eigenvalue weighted by molar-refractivity contribution is -0.110. The van der Waals surface area contributed by atoms with Crippen molar-refractivity contribution in [1.82, 2.24) is 5.32 Å². The first-order valence-corrected chi connectivity index (χ1v) is 4.98. The van der Waals surface area contributed by atoms with E-state index in [0.29, 0.717) is 6.61 Å². The maximum Gasteiger partial charge on any atom is 0.0904 e. The Kier molecular flexibility index (Phi) is 3.33. The molecule has 0 saturated carbocycles. The molecule has 0 atom stereocenters. The number of piperidine rings is 1. The fourth-order valence-corrected chi connectivity index (χ4v) is 1.39. The van der Waals surface area contributed by atoms with Crippen LogP contribution in [0.4, 0.5) is 0 Å². The van der Waals surface area contributed by atoms with Crippen molar-refractivity contribution >= 4 is 0 Å². The van der Waals surface area contributed by atoms with Crippen molar-refractivity contribution in [1.29, 1.82) is 0 Å². The van der Waals surface area contributed by atoms with Crippen molar-refractivity contribution in [2.45, 2.75) is 44.8 Å². The Balaban J connectivity index is 2.33. The standard InChI is InChI=1S/C10H21NO2/c1-9(2,3)13-8-10(12)4-6-11-7-5-10/h11-12H,4-8H2,1-3H3. The number of rotatable bonds is 2. The van der Waals surface area contributed by atoms with Gasteiger partial charge >= 0.3 is 0 Å². The van der Waals surface area contributed by atoms with Crippen molar-refractivity contribution in [3.05, 3.63) is 0 Å². The van der Waals surface area contributed by atoms with Gasteiger partial charge in [0.25, 0.3) is 0 Å². The molecular weight excluding hydrogens is 166 g/mol. The molecule has 1 heterocycles. The fourth-order valence-electron chi connectivity index (χ4n) is 1.39. The second-order valence-corrected chi connectivity index (χ2v) is 4.88. The Morgan fingerprint density at radius 1 is 1.31 bits per heavy atom. The van der Waals surface area contributed by atoms with Gasteiger partial charge in [-0.25, -0.2) is 0 Å². The normalized spacial score (nSPS) is 23.1. The highest BCUT2D eigenvalue weighted by Crippen LogP contribution is 2.20. The summed E-state index contributed by atoms with van der Waals surface area (Å²) in [5.41, 5.74) is -0.751. The summed E-state index contributed by atoms with van der Waals surface area (Å²) in [6.07, 6.45) is 1.59. The topological polar surface area (TPSA) is 41.5 Å². The highest BCUT2D eigenvalue weighted by atomic mass is 16.5. The number of hydrogen-bond acceptors (Lipinski definition) is 3. The number of ether oxygens (including phenoxy) is 1. The highest BCUT2D eigenvalue weighted by molar-refractivity contribution is 4.84. The summed E-state index contributed by atoms with van der Waals surface area (Å²) >= 11 is 0. The molecule has 3 nitrogen and oxygen atoms in total. The second kappa shape index (κ2) is 3.95. The van der Waals surface area contributed by atoms with Crippen molar-refractivity contribution in [2.24, 2.45) is 0 Å². The maximum atomic E-state index is 10.1. The molecule has 1 rings (SSSR count). The first kappa shape index (κ1) is 11.0. The van der Waals surface area contributed by atoms with Crippen LogP contribution in [0.5, 0.6) is 0 Å². The molecule has 13 heavy (non-hydrogen) atoms. The molecule has 0 aromatic heterocycles. The first-order valence-electron chi connectivity index (χ1n) is 4.98. The van der Waals surface area contributed by atoms with Gasteiger partial charge in [0.15, 0.2) is 0 Å². The van der Waals surface area contributed by atoms with Gasteiger partial charge < -0.3 is 15.2 Å². The van der Waals surface area contributed by atoms with Gasteiger partial charge in [0, 0.05) is 0 Å². The van der Waals surface area contributed by atoms with E-state index in [9.17, 15) is 5.11 Å². The van der Waals surface area contributed by atoms with Gasteiger partial charge in [0.05, 0.1) is 17.8 Å². The van der Waals surface area contributed by atoms with E-state index in [1.165, 1.54) is 0 Å². The predicted octanol–water partition coefficient (Wildman–Crippen LogP) is 0.916. The van der Waals surface area contributed by atoms with Gasteiger partial charge in [0.2, 0.25) is 0 Å². The first-order chi connectivity index (χ1) is 5.91. The molecular formula is C10H21NO2. The zero-order chi connectivity index (χ0) is 9.95. The SMILES string of the molecule is CC(C)(C)OCC1(O)CCNCC1. The molecule has 1 aliphatic heterocycles. The van der Waals surface area contributed by atoms with Crippen molar-refractivity contribution in [3.63, 3.8) is 0 Å². The van der Waals surface area contributed by atoms with Gasteiger partial charge in [-0.15, -0.1) is 0 Å². The maximum absolute atomic E-state index is 10.1. The Labute approximate surface area is 80.5 Å². The fraction of sp³-hybridized carbons (Fsp3) is 1.00. The Bertz CT molecular complexity index is 157. The molecule has 2 N–H and O–H groups in total. The van der Waals surface area contributed by atoms with Gasteiger partial charge in [-0.05, 0) is 46.7 Å². The number of hydrogen-bond donors (Lipinski definition) is 2. The summed E-state index contributed by atoms with van der Waals surface area (Å²) in [6.45, 7) is 8.28. The Morgan fingerprint density at radius 3 is 2.31 bits per heavy atom. The Morgan fingerprint density at radius 2 is 1.85 bits per heavy atom. The van der Waals surface area contributed by atoms with Crippen LogP contribution in [-0.2, 0) is 4.74 Å². The average molecular weight is 187 g/mol. The number of nitrogens with one attached hydrogen (secondary N) is 1. The van der Waals surface area contributed by atoms with E-state index in [1.54, 1.807) is 0 Å². The summed E-state index contributed by atoms with van der Waals surface area (Å²) < 4.78 is 5.59. The van der Waals surface area contributed by atoms with E-state index in [0.717, 1.165) is 25.9 Å². The van der Waals surface area contributed by atoms with E-state index in [1.807, 2.05) is 20.8 Å². The van der Waals surface area contributed by atoms with Crippen LogP contribution >= 0.6 is 0 Å². The van der Waals surface area contributed by atoms with E-state index >= 15 is 0 Å². The van der Waals surface area contributed by atoms with Gasteiger partial charge in [-0.2, -0.15) is 0 Å². The minimum Gasteiger partial charge on any atom is -0.387 e. The molecule has 0 aromatic rings. The van der Waals surface area contributed by atoms with Crippen LogP contribution in [0.2, 0.25) is 0 Å². The summed E-state index contributed by atoms with van der Waals surface area (Å²) in [7, 11) is 0. The molecule has 1 aliphatic rings. The third-order valence-corrected chi connectivity index (χ3v) is 2.31. The van der Waals surface area contributed by atoms with E-state index in [2.05, 4.69) is 5.32 Å².